The molecule has 0 radical (unpaired) electrons. The van der Waals surface area contributed by atoms with Gasteiger partial charge >= 0.3 is 0 Å². The van der Waals surface area contributed by atoms with Gasteiger partial charge < -0.3 is 0 Å². The Hall–Kier alpha value is -1.69. The number of likely N-dealkylation sites (tertiary alicyclic amines) is 2. The van der Waals surface area contributed by atoms with Crippen molar-refractivity contribution in [3.8, 4) is 0 Å². The molecule has 0 aromatic heterocycles. The van der Waals surface area contributed by atoms with Crippen molar-refractivity contribution in [1.82, 2.24) is 9.80 Å². The molecule has 0 saturated carbocycles. The molecular weight excluding hydrogens is 380 g/mol. The van der Waals surface area contributed by atoms with Gasteiger partial charge in [-0.1, -0.05) is 60.7 Å². The van der Waals surface area contributed by atoms with Crippen LogP contribution in [0.4, 0.5) is 0 Å². The second-order valence-corrected chi connectivity index (χ2v) is 10.7. The normalized spacial score (nSPS) is 23.6. The van der Waals surface area contributed by atoms with E-state index in [1.807, 2.05) is 12.1 Å². The van der Waals surface area contributed by atoms with E-state index >= 15 is 0 Å². The summed E-state index contributed by atoms with van der Waals surface area (Å²) in [5.41, 5.74) is 2.62. The molecule has 0 bridgehead atoms. The molecule has 2 saturated heterocycles. The van der Waals surface area contributed by atoms with Crippen molar-refractivity contribution in [1.29, 1.82) is 0 Å². The zero-order valence-corrected chi connectivity index (χ0v) is 17.9. The highest BCUT2D eigenvalue weighted by molar-refractivity contribution is 7.91. The summed E-state index contributed by atoms with van der Waals surface area (Å²) in [7, 11) is -3.05. The van der Waals surface area contributed by atoms with E-state index in [0.29, 0.717) is 25.2 Å². The van der Waals surface area contributed by atoms with Crippen LogP contribution >= 0.6 is 0 Å². The Morgan fingerprint density at radius 1 is 0.690 bits per heavy atom. The van der Waals surface area contributed by atoms with E-state index in [9.17, 15) is 8.42 Å². The zero-order chi connectivity index (χ0) is 20.1. The summed E-state index contributed by atoms with van der Waals surface area (Å²) in [5, 5.41) is 0. The number of benzene rings is 2. The van der Waals surface area contributed by atoms with Crippen LogP contribution < -0.4 is 0 Å². The maximum atomic E-state index is 12.8. The summed E-state index contributed by atoms with van der Waals surface area (Å²) in [5.74, 6) is 0.528. The third-order valence-corrected chi connectivity index (χ3v) is 8.08. The van der Waals surface area contributed by atoms with Gasteiger partial charge in [-0.2, -0.15) is 0 Å². The predicted octanol–water partition coefficient (Wildman–Crippen LogP) is 4.08. The quantitative estimate of drug-likeness (QED) is 0.655. The van der Waals surface area contributed by atoms with Crippen LogP contribution in [-0.2, 0) is 9.84 Å². The molecule has 2 heterocycles. The zero-order valence-electron chi connectivity index (χ0n) is 17.1. The predicted molar refractivity (Wildman–Crippen MR) is 119 cm³/mol. The molecule has 2 fully saturated rings. The van der Waals surface area contributed by atoms with Gasteiger partial charge in [0.25, 0.3) is 0 Å². The van der Waals surface area contributed by atoms with Gasteiger partial charge in [0, 0.05) is 25.2 Å². The van der Waals surface area contributed by atoms with Gasteiger partial charge in [-0.3, -0.25) is 9.80 Å². The lowest BCUT2D eigenvalue weighted by Gasteiger charge is -2.26. The van der Waals surface area contributed by atoms with Crippen molar-refractivity contribution < 1.29 is 8.42 Å². The molecule has 0 aliphatic carbocycles. The first-order chi connectivity index (χ1) is 14.1. The Morgan fingerprint density at radius 2 is 1.10 bits per heavy atom. The van der Waals surface area contributed by atoms with Crippen LogP contribution in [0.25, 0.3) is 0 Å². The molecule has 2 aromatic carbocycles. The van der Waals surface area contributed by atoms with Crippen molar-refractivity contribution in [3.63, 3.8) is 0 Å². The van der Waals surface area contributed by atoms with E-state index in [1.165, 1.54) is 11.1 Å². The molecule has 2 aromatic rings. The van der Waals surface area contributed by atoms with Gasteiger partial charge in [-0.05, 0) is 49.9 Å². The van der Waals surface area contributed by atoms with E-state index in [2.05, 4.69) is 58.3 Å². The van der Waals surface area contributed by atoms with Crippen molar-refractivity contribution in [3.05, 3.63) is 71.8 Å². The fourth-order valence-electron chi connectivity index (χ4n) is 4.91. The van der Waals surface area contributed by atoms with E-state index in [4.69, 9.17) is 0 Å². The van der Waals surface area contributed by atoms with E-state index in [1.54, 1.807) is 0 Å². The molecule has 2 unspecified atom stereocenters. The summed E-state index contributed by atoms with van der Waals surface area (Å²) >= 11 is 0. The lowest BCUT2D eigenvalue weighted by atomic mass is 10.1. The van der Waals surface area contributed by atoms with Crippen molar-refractivity contribution in [2.75, 3.05) is 37.7 Å². The molecule has 29 heavy (non-hydrogen) atoms. The third kappa shape index (κ3) is 5.27. The SMILES string of the molecule is O=S(=O)(CCN1CCCC1c1ccccc1)CCN1CCCC1c1ccccc1. The Balaban J connectivity index is 1.30. The Morgan fingerprint density at radius 3 is 1.52 bits per heavy atom. The van der Waals surface area contributed by atoms with Crippen LogP contribution in [0.2, 0.25) is 0 Å². The average molecular weight is 413 g/mol. The van der Waals surface area contributed by atoms with Gasteiger partial charge in [0.15, 0.2) is 9.84 Å². The van der Waals surface area contributed by atoms with Gasteiger partial charge in [-0.15, -0.1) is 0 Å². The van der Waals surface area contributed by atoms with Crippen LogP contribution in [-0.4, -0.2) is 55.9 Å². The second kappa shape index (κ2) is 9.41. The topological polar surface area (TPSA) is 40.6 Å². The van der Waals surface area contributed by atoms with Crippen LogP contribution in [0.1, 0.15) is 48.9 Å². The summed E-state index contributed by atoms with van der Waals surface area (Å²) < 4.78 is 25.6. The van der Waals surface area contributed by atoms with Gasteiger partial charge in [0.05, 0.1) is 11.5 Å². The molecule has 4 rings (SSSR count). The van der Waals surface area contributed by atoms with Crippen molar-refractivity contribution in [2.45, 2.75) is 37.8 Å². The summed E-state index contributed by atoms with van der Waals surface area (Å²) in [4.78, 5) is 4.71. The first-order valence-electron chi connectivity index (χ1n) is 10.9. The molecule has 0 spiro atoms. The van der Waals surface area contributed by atoms with Gasteiger partial charge in [-0.25, -0.2) is 8.42 Å². The molecule has 156 valence electrons. The standard InChI is InChI=1S/C24H32N2O2S/c27-29(28,19-17-25-15-7-13-23(25)21-9-3-1-4-10-21)20-18-26-16-8-14-24(26)22-11-5-2-6-12-22/h1-6,9-12,23-24H,7-8,13-20H2. The minimum absolute atomic E-state index is 0.264. The summed E-state index contributed by atoms with van der Waals surface area (Å²) in [6.45, 7) is 3.28. The van der Waals surface area contributed by atoms with Gasteiger partial charge in [0.2, 0.25) is 0 Å². The van der Waals surface area contributed by atoms with E-state index in [-0.39, 0.29) is 11.5 Å². The Bertz CT molecular complexity index is 803. The highest BCUT2D eigenvalue weighted by Gasteiger charge is 2.29. The molecule has 4 nitrogen and oxygen atoms in total. The Labute approximate surface area is 175 Å². The van der Waals surface area contributed by atoms with Crippen LogP contribution in [0.15, 0.2) is 60.7 Å². The van der Waals surface area contributed by atoms with Crippen LogP contribution in [0.5, 0.6) is 0 Å². The first-order valence-corrected chi connectivity index (χ1v) is 12.7. The molecule has 0 N–H and O–H groups in total. The van der Waals surface area contributed by atoms with Crippen molar-refractivity contribution in [2.24, 2.45) is 0 Å². The highest BCUT2D eigenvalue weighted by Crippen LogP contribution is 2.32. The number of sulfone groups is 1. The minimum atomic E-state index is -3.05. The average Bonchev–Trinajstić information content (AvgIpc) is 3.42. The minimum Gasteiger partial charge on any atom is -0.295 e. The number of rotatable bonds is 8. The number of hydrogen-bond acceptors (Lipinski definition) is 4. The summed E-state index contributed by atoms with van der Waals surface area (Å²) in [6, 6.07) is 21.7. The maximum absolute atomic E-state index is 12.8. The second-order valence-electron chi connectivity index (χ2n) is 8.36. The van der Waals surface area contributed by atoms with Crippen molar-refractivity contribution >= 4 is 9.84 Å². The maximum Gasteiger partial charge on any atom is 0.152 e. The lowest BCUT2D eigenvalue weighted by Crippen LogP contribution is -2.33. The molecular formula is C24H32N2O2S. The molecule has 2 aliphatic rings. The fraction of sp³-hybridized carbons (Fsp3) is 0.500. The smallest absolute Gasteiger partial charge is 0.152 e. The molecule has 2 aliphatic heterocycles. The van der Waals surface area contributed by atoms with E-state index in [0.717, 1.165) is 38.8 Å². The van der Waals surface area contributed by atoms with Crippen LogP contribution in [0.3, 0.4) is 0 Å². The number of hydrogen-bond donors (Lipinski definition) is 0. The lowest BCUT2D eigenvalue weighted by molar-refractivity contribution is 0.268. The monoisotopic (exact) mass is 412 g/mol. The first kappa shape index (κ1) is 20.6. The largest absolute Gasteiger partial charge is 0.295 e. The Kier molecular flexibility index (Phi) is 6.68. The molecule has 5 heteroatoms. The highest BCUT2D eigenvalue weighted by atomic mass is 32.2. The molecule has 2 atom stereocenters. The number of nitrogens with zero attached hydrogens (tertiary/aromatic N) is 2. The third-order valence-electron chi connectivity index (χ3n) is 6.48. The summed E-state index contributed by atoms with van der Waals surface area (Å²) in [6.07, 6.45) is 4.53. The van der Waals surface area contributed by atoms with E-state index < -0.39 is 9.84 Å². The fourth-order valence-corrected chi connectivity index (χ4v) is 6.14. The van der Waals surface area contributed by atoms with Gasteiger partial charge in [0.1, 0.15) is 0 Å². The molecule has 0 amide bonds. The van der Waals surface area contributed by atoms with Crippen LogP contribution in [0, 0.1) is 0 Å².